The van der Waals surface area contributed by atoms with Crippen LogP contribution < -0.4 is 0 Å². The smallest absolute Gasteiger partial charge is 0.341 e. The summed E-state index contributed by atoms with van der Waals surface area (Å²) in [6, 6.07) is 3.30. The van der Waals surface area contributed by atoms with Crippen molar-refractivity contribution in [1.29, 1.82) is 0 Å². The van der Waals surface area contributed by atoms with E-state index in [0.717, 1.165) is 17.9 Å². The van der Waals surface area contributed by atoms with Crippen LogP contribution in [-0.4, -0.2) is 28.6 Å². The largest absolute Gasteiger partial charge is 0.458 e. The van der Waals surface area contributed by atoms with Gasteiger partial charge in [-0.1, -0.05) is 11.6 Å². The van der Waals surface area contributed by atoms with Crippen molar-refractivity contribution in [3.8, 4) is 0 Å². The van der Waals surface area contributed by atoms with E-state index in [0.29, 0.717) is 5.56 Å². The van der Waals surface area contributed by atoms with E-state index >= 15 is 0 Å². The van der Waals surface area contributed by atoms with Crippen molar-refractivity contribution < 1.29 is 9.53 Å². The summed E-state index contributed by atoms with van der Waals surface area (Å²) in [7, 11) is 0. The zero-order valence-electron chi connectivity index (χ0n) is 7.98. The maximum Gasteiger partial charge on any atom is 0.341 e. The third kappa shape index (κ3) is 2.63. The van der Waals surface area contributed by atoms with Crippen LogP contribution in [0.5, 0.6) is 0 Å². The van der Waals surface area contributed by atoms with E-state index in [9.17, 15) is 4.79 Å². The number of nitrogens with zero attached hydrogens (tertiary/aromatic N) is 1. The van der Waals surface area contributed by atoms with Crippen LogP contribution in [-0.2, 0) is 4.74 Å². The fourth-order valence-corrected chi connectivity index (χ4v) is 2.65. The number of carbonyl (C=O) groups is 1. The van der Waals surface area contributed by atoms with Crippen LogP contribution in [0, 0.1) is 0 Å². The van der Waals surface area contributed by atoms with Crippen molar-refractivity contribution in [1.82, 2.24) is 4.98 Å². The van der Waals surface area contributed by atoms with E-state index in [4.69, 9.17) is 16.3 Å². The molecule has 3 nitrogen and oxygen atoms in total. The number of thioether (sulfide) groups is 1. The second-order valence-electron chi connectivity index (χ2n) is 3.23. The first-order valence-electron chi connectivity index (χ1n) is 4.66. The Balaban J connectivity index is 2.04. The molecule has 0 bridgehead atoms. The van der Waals surface area contributed by atoms with Crippen molar-refractivity contribution >= 4 is 29.3 Å². The first-order valence-corrected chi connectivity index (χ1v) is 6.20. The molecule has 1 aromatic heterocycles. The molecule has 2 heterocycles. The van der Waals surface area contributed by atoms with Crippen LogP contribution in [0.2, 0.25) is 5.15 Å². The fraction of sp³-hybridized carbons (Fsp3) is 0.400. The van der Waals surface area contributed by atoms with Crippen molar-refractivity contribution in [3.05, 3.63) is 29.0 Å². The number of hydrogen-bond acceptors (Lipinski definition) is 4. The van der Waals surface area contributed by atoms with Gasteiger partial charge in [0.15, 0.2) is 0 Å². The lowest BCUT2D eigenvalue weighted by Gasteiger charge is -2.10. The molecule has 80 valence electrons. The minimum atomic E-state index is -0.374. The summed E-state index contributed by atoms with van der Waals surface area (Å²) in [6.07, 6.45) is 2.50. The Morgan fingerprint density at radius 3 is 3.20 bits per heavy atom. The van der Waals surface area contributed by atoms with Gasteiger partial charge >= 0.3 is 5.97 Å². The molecule has 5 heteroatoms. The first-order chi connectivity index (χ1) is 7.27. The Labute approximate surface area is 97.2 Å². The summed E-state index contributed by atoms with van der Waals surface area (Å²) in [4.78, 5) is 15.5. The summed E-state index contributed by atoms with van der Waals surface area (Å²) < 4.78 is 5.29. The van der Waals surface area contributed by atoms with Crippen molar-refractivity contribution in [2.45, 2.75) is 12.5 Å². The van der Waals surface area contributed by atoms with E-state index in [-0.39, 0.29) is 17.2 Å². The van der Waals surface area contributed by atoms with Gasteiger partial charge in [0, 0.05) is 11.9 Å². The normalized spacial score (nSPS) is 20.2. The topological polar surface area (TPSA) is 39.2 Å². The van der Waals surface area contributed by atoms with Gasteiger partial charge in [0.05, 0.1) is 5.56 Å². The highest BCUT2D eigenvalue weighted by molar-refractivity contribution is 7.99. The number of carbonyl (C=O) groups excluding carboxylic acids is 1. The zero-order chi connectivity index (χ0) is 10.7. The second-order valence-corrected chi connectivity index (χ2v) is 4.74. The quantitative estimate of drug-likeness (QED) is 0.591. The fourth-order valence-electron chi connectivity index (χ4n) is 1.36. The first kappa shape index (κ1) is 10.8. The molecule has 0 radical (unpaired) electrons. The average molecular weight is 244 g/mol. The minimum absolute atomic E-state index is 0.0266. The van der Waals surface area contributed by atoms with Crippen LogP contribution >= 0.6 is 23.4 Å². The lowest BCUT2D eigenvalue weighted by molar-refractivity contribution is 0.0356. The Kier molecular flexibility index (Phi) is 3.49. The third-order valence-electron chi connectivity index (χ3n) is 2.14. The minimum Gasteiger partial charge on any atom is -0.458 e. The lowest BCUT2D eigenvalue weighted by Crippen LogP contribution is -2.17. The summed E-state index contributed by atoms with van der Waals surface area (Å²) in [5, 5.41) is 0.202. The van der Waals surface area contributed by atoms with Gasteiger partial charge in [-0.25, -0.2) is 9.78 Å². The van der Waals surface area contributed by atoms with E-state index < -0.39 is 0 Å². The molecule has 1 aliphatic rings. The predicted octanol–water partition coefficient (Wildman–Crippen LogP) is 2.40. The standard InChI is InChI=1S/C10H10ClNO2S/c11-9-8(2-1-4-12-9)10(13)14-7-3-5-15-6-7/h1-2,4,7H,3,5-6H2/t7-/m1/s1. The van der Waals surface area contributed by atoms with Gasteiger partial charge in [-0.15, -0.1) is 0 Å². The number of hydrogen-bond donors (Lipinski definition) is 0. The maximum atomic E-state index is 11.7. The van der Waals surface area contributed by atoms with Crippen LogP contribution in [0.25, 0.3) is 0 Å². The van der Waals surface area contributed by atoms with Gasteiger partial charge in [-0.3, -0.25) is 0 Å². The Hall–Kier alpha value is -0.740. The summed E-state index contributed by atoms with van der Waals surface area (Å²) in [5.74, 6) is 1.56. The molecule has 0 N–H and O–H groups in total. The molecule has 2 rings (SSSR count). The summed E-state index contributed by atoms with van der Waals surface area (Å²) >= 11 is 7.59. The number of esters is 1. The second kappa shape index (κ2) is 4.86. The molecule has 0 aliphatic carbocycles. The molecule has 1 saturated heterocycles. The van der Waals surface area contributed by atoms with E-state index in [1.807, 2.05) is 0 Å². The van der Waals surface area contributed by atoms with Crippen molar-refractivity contribution in [2.24, 2.45) is 0 Å². The van der Waals surface area contributed by atoms with Gasteiger partial charge in [-0.2, -0.15) is 11.8 Å². The number of aromatic nitrogens is 1. The van der Waals surface area contributed by atoms with Gasteiger partial charge in [-0.05, 0) is 24.3 Å². The lowest BCUT2D eigenvalue weighted by atomic mass is 10.3. The van der Waals surface area contributed by atoms with E-state index in [1.54, 1.807) is 30.1 Å². The Morgan fingerprint density at radius 2 is 2.53 bits per heavy atom. The number of rotatable bonds is 2. The van der Waals surface area contributed by atoms with Crippen LogP contribution in [0.1, 0.15) is 16.8 Å². The summed E-state index contributed by atoms with van der Waals surface area (Å²) in [6.45, 7) is 0. The van der Waals surface area contributed by atoms with Crippen LogP contribution in [0.15, 0.2) is 18.3 Å². The molecule has 1 atom stereocenters. The number of halogens is 1. The van der Waals surface area contributed by atoms with Gasteiger partial charge < -0.3 is 4.74 Å². The average Bonchev–Trinajstić information content (AvgIpc) is 2.71. The number of ether oxygens (including phenoxy) is 1. The highest BCUT2D eigenvalue weighted by Gasteiger charge is 2.21. The zero-order valence-corrected chi connectivity index (χ0v) is 9.55. The van der Waals surface area contributed by atoms with Crippen molar-refractivity contribution in [3.63, 3.8) is 0 Å². The SMILES string of the molecule is O=C(O[C@@H]1CCSC1)c1cccnc1Cl. The van der Waals surface area contributed by atoms with Gasteiger partial charge in [0.2, 0.25) is 0 Å². The van der Waals surface area contributed by atoms with Gasteiger partial charge in [0.1, 0.15) is 11.3 Å². The van der Waals surface area contributed by atoms with Crippen LogP contribution in [0.4, 0.5) is 0 Å². The van der Waals surface area contributed by atoms with Crippen LogP contribution in [0.3, 0.4) is 0 Å². The monoisotopic (exact) mass is 243 g/mol. The molecule has 1 aliphatic heterocycles. The molecule has 0 aromatic carbocycles. The summed E-state index contributed by atoms with van der Waals surface area (Å²) in [5.41, 5.74) is 0.344. The highest BCUT2D eigenvalue weighted by Crippen LogP contribution is 2.22. The maximum absolute atomic E-state index is 11.7. The molecule has 0 saturated carbocycles. The van der Waals surface area contributed by atoms with Crippen molar-refractivity contribution in [2.75, 3.05) is 11.5 Å². The Bertz CT molecular complexity index is 366. The molecule has 0 spiro atoms. The molecular weight excluding hydrogens is 234 g/mol. The predicted molar refractivity (Wildman–Crippen MR) is 60.4 cm³/mol. The van der Waals surface area contributed by atoms with Gasteiger partial charge in [0.25, 0.3) is 0 Å². The molecule has 0 amide bonds. The highest BCUT2D eigenvalue weighted by atomic mass is 35.5. The molecule has 0 unspecified atom stereocenters. The third-order valence-corrected chi connectivity index (χ3v) is 3.57. The van der Waals surface area contributed by atoms with E-state index in [1.165, 1.54) is 0 Å². The van der Waals surface area contributed by atoms with E-state index in [2.05, 4.69) is 4.98 Å². The molecule has 15 heavy (non-hydrogen) atoms. The number of pyridine rings is 1. The Morgan fingerprint density at radius 1 is 1.67 bits per heavy atom. The molecular formula is C10H10ClNO2S. The molecule has 1 fully saturated rings. The molecule has 1 aromatic rings.